The summed E-state index contributed by atoms with van der Waals surface area (Å²) in [6.45, 7) is 1.60. The Morgan fingerprint density at radius 3 is 2.60 bits per heavy atom. The number of halogens is 3. The van der Waals surface area contributed by atoms with Gasteiger partial charge in [0.05, 0.1) is 17.9 Å². The molecule has 1 N–H and O–H groups in total. The van der Waals surface area contributed by atoms with E-state index in [4.69, 9.17) is 0 Å². The second-order valence-corrected chi connectivity index (χ2v) is 5.95. The van der Waals surface area contributed by atoms with Gasteiger partial charge in [0.25, 0.3) is 0 Å². The number of nitrogens with one attached hydrogen (secondary N) is 1. The summed E-state index contributed by atoms with van der Waals surface area (Å²) < 4.78 is 62.2. The van der Waals surface area contributed by atoms with Crippen molar-refractivity contribution >= 4 is 10.0 Å². The summed E-state index contributed by atoms with van der Waals surface area (Å²) in [5.41, 5.74) is -0.592. The molecule has 0 fully saturated rings. The van der Waals surface area contributed by atoms with E-state index in [1.807, 2.05) is 0 Å². The average Bonchev–Trinajstić information content (AvgIpc) is 2.34. The van der Waals surface area contributed by atoms with Crippen LogP contribution in [0, 0.1) is 11.8 Å². The predicted octanol–water partition coefficient (Wildman–Crippen LogP) is 2.39. The van der Waals surface area contributed by atoms with E-state index in [0.29, 0.717) is 6.42 Å². The lowest BCUT2D eigenvalue weighted by atomic mass is 10.1. The largest absolute Gasteiger partial charge is 0.416 e. The van der Waals surface area contributed by atoms with Gasteiger partial charge in [-0.25, -0.2) is 13.1 Å². The Morgan fingerprint density at radius 1 is 1.30 bits per heavy atom. The summed E-state index contributed by atoms with van der Waals surface area (Å²) in [4.78, 5) is 0. The van der Waals surface area contributed by atoms with Crippen molar-refractivity contribution in [1.29, 1.82) is 0 Å². The van der Waals surface area contributed by atoms with E-state index < -0.39 is 21.8 Å². The monoisotopic (exact) mass is 305 g/mol. The highest BCUT2D eigenvalue weighted by Gasteiger charge is 2.30. The SMILES string of the molecule is CCCS(=O)(=O)NCC#Cc1cccc(C(F)(F)F)c1. The number of benzene rings is 1. The van der Waals surface area contributed by atoms with Crippen LogP contribution in [-0.2, 0) is 16.2 Å². The quantitative estimate of drug-likeness (QED) is 0.868. The summed E-state index contributed by atoms with van der Waals surface area (Å²) in [6.07, 6.45) is -3.93. The molecule has 3 nitrogen and oxygen atoms in total. The Bertz CT molecular complexity index is 612. The van der Waals surface area contributed by atoms with Crippen molar-refractivity contribution in [3.05, 3.63) is 35.4 Å². The maximum absolute atomic E-state index is 12.5. The third-order valence-corrected chi connectivity index (χ3v) is 3.81. The van der Waals surface area contributed by atoms with Gasteiger partial charge in [-0.2, -0.15) is 13.2 Å². The Morgan fingerprint density at radius 2 is 2.00 bits per heavy atom. The molecule has 0 aromatic heterocycles. The number of hydrogen-bond donors (Lipinski definition) is 1. The Balaban J connectivity index is 2.70. The first-order valence-corrected chi connectivity index (χ1v) is 7.53. The van der Waals surface area contributed by atoms with E-state index in [0.717, 1.165) is 12.1 Å². The zero-order valence-corrected chi connectivity index (χ0v) is 11.6. The first-order chi connectivity index (χ1) is 9.24. The first kappa shape index (κ1) is 16.5. The standard InChI is InChI=1S/C13H14F3NO2S/c1-2-9-20(18,19)17-8-4-6-11-5-3-7-12(10-11)13(14,15)16/h3,5,7,10,17H,2,8-9H2,1H3. The zero-order valence-electron chi connectivity index (χ0n) is 10.8. The van der Waals surface area contributed by atoms with E-state index in [-0.39, 0.29) is 17.9 Å². The normalized spacial score (nSPS) is 11.8. The van der Waals surface area contributed by atoms with Crippen LogP contribution in [0.4, 0.5) is 13.2 Å². The molecule has 0 atom stereocenters. The molecule has 0 amide bonds. The maximum atomic E-state index is 12.5. The van der Waals surface area contributed by atoms with Gasteiger partial charge in [-0.05, 0) is 24.6 Å². The second-order valence-electron chi connectivity index (χ2n) is 4.02. The van der Waals surface area contributed by atoms with Crippen molar-refractivity contribution in [2.45, 2.75) is 19.5 Å². The molecule has 0 aliphatic carbocycles. The van der Waals surface area contributed by atoms with Crippen molar-refractivity contribution in [1.82, 2.24) is 4.72 Å². The molecule has 110 valence electrons. The lowest BCUT2D eigenvalue weighted by Gasteiger charge is -2.05. The van der Waals surface area contributed by atoms with Crippen LogP contribution in [0.5, 0.6) is 0 Å². The molecule has 0 saturated heterocycles. The third kappa shape index (κ3) is 5.63. The minimum Gasteiger partial charge on any atom is -0.212 e. The summed E-state index contributed by atoms with van der Waals surface area (Å²) in [7, 11) is -3.35. The van der Waals surface area contributed by atoms with E-state index in [2.05, 4.69) is 16.6 Å². The van der Waals surface area contributed by atoms with Gasteiger partial charge >= 0.3 is 6.18 Å². The van der Waals surface area contributed by atoms with Gasteiger partial charge < -0.3 is 0 Å². The van der Waals surface area contributed by atoms with Gasteiger partial charge in [0.15, 0.2) is 0 Å². The molecule has 0 unspecified atom stereocenters. The van der Waals surface area contributed by atoms with Crippen LogP contribution >= 0.6 is 0 Å². The maximum Gasteiger partial charge on any atom is 0.416 e. The Labute approximate surface area is 116 Å². The molecule has 0 radical (unpaired) electrons. The molecule has 1 rings (SSSR count). The van der Waals surface area contributed by atoms with Crippen LogP contribution in [0.3, 0.4) is 0 Å². The Hall–Kier alpha value is -1.52. The first-order valence-electron chi connectivity index (χ1n) is 5.88. The molecule has 0 bridgehead atoms. The molecular formula is C13H14F3NO2S. The fourth-order valence-electron chi connectivity index (χ4n) is 1.41. The molecule has 1 aromatic rings. The van der Waals surface area contributed by atoms with Crippen LogP contribution in [-0.4, -0.2) is 20.7 Å². The van der Waals surface area contributed by atoms with E-state index in [1.54, 1.807) is 6.92 Å². The van der Waals surface area contributed by atoms with Crippen molar-refractivity contribution < 1.29 is 21.6 Å². The highest BCUT2D eigenvalue weighted by Crippen LogP contribution is 2.29. The van der Waals surface area contributed by atoms with Crippen molar-refractivity contribution in [3.8, 4) is 11.8 Å². The molecule has 0 aliphatic heterocycles. The summed E-state index contributed by atoms with van der Waals surface area (Å²) in [5, 5.41) is 0. The highest BCUT2D eigenvalue weighted by molar-refractivity contribution is 7.89. The van der Waals surface area contributed by atoms with E-state index in [9.17, 15) is 21.6 Å². The highest BCUT2D eigenvalue weighted by atomic mass is 32.2. The molecule has 7 heteroatoms. The predicted molar refractivity (Wildman–Crippen MR) is 70.4 cm³/mol. The molecule has 0 spiro atoms. The number of rotatable bonds is 4. The van der Waals surface area contributed by atoms with Gasteiger partial charge in [-0.1, -0.05) is 24.8 Å². The van der Waals surface area contributed by atoms with Crippen LogP contribution < -0.4 is 4.72 Å². The summed E-state index contributed by atoms with van der Waals surface area (Å²) >= 11 is 0. The van der Waals surface area contributed by atoms with Gasteiger partial charge in [-0.3, -0.25) is 0 Å². The van der Waals surface area contributed by atoms with Crippen molar-refractivity contribution in [2.24, 2.45) is 0 Å². The minimum absolute atomic E-state index is 0.00175. The smallest absolute Gasteiger partial charge is 0.212 e. The summed E-state index contributed by atoms with van der Waals surface area (Å²) in [6, 6.07) is 4.57. The number of hydrogen-bond acceptors (Lipinski definition) is 2. The van der Waals surface area contributed by atoms with Gasteiger partial charge in [0.2, 0.25) is 10.0 Å². The van der Waals surface area contributed by atoms with Crippen LogP contribution in [0.1, 0.15) is 24.5 Å². The third-order valence-electron chi connectivity index (χ3n) is 2.28. The van der Waals surface area contributed by atoms with E-state index in [1.165, 1.54) is 12.1 Å². The fourth-order valence-corrected chi connectivity index (χ4v) is 2.38. The van der Waals surface area contributed by atoms with Crippen molar-refractivity contribution in [3.63, 3.8) is 0 Å². The topological polar surface area (TPSA) is 46.2 Å². The van der Waals surface area contributed by atoms with Crippen LogP contribution in [0.2, 0.25) is 0 Å². The number of alkyl halides is 3. The number of sulfonamides is 1. The lowest BCUT2D eigenvalue weighted by Crippen LogP contribution is -2.26. The van der Waals surface area contributed by atoms with Crippen LogP contribution in [0.25, 0.3) is 0 Å². The van der Waals surface area contributed by atoms with E-state index >= 15 is 0 Å². The molecule has 0 saturated carbocycles. The molecule has 20 heavy (non-hydrogen) atoms. The molecule has 0 aliphatic rings. The Kier molecular flexibility index (Phi) is 5.60. The van der Waals surface area contributed by atoms with Gasteiger partial charge in [0.1, 0.15) is 0 Å². The minimum atomic E-state index is -4.42. The lowest BCUT2D eigenvalue weighted by molar-refractivity contribution is -0.137. The van der Waals surface area contributed by atoms with Crippen LogP contribution in [0.15, 0.2) is 24.3 Å². The van der Waals surface area contributed by atoms with Crippen molar-refractivity contribution in [2.75, 3.05) is 12.3 Å². The van der Waals surface area contributed by atoms with Gasteiger partial charge in [0, 0.05) is 5.56 Å². The summed E-state index contributed by atoms with van der Waals surface area (Å²) in [5.74, 6) is 4.98. The zero-order chi connectivity index (χ0) is 15.2. The molecule has 1 aromatic carbocycles. The average molecular weight is 305 g/mol. The fraction of sp³-hybridized carbons (Fsp3) is 0.385. The second kappa shape index (κ2) is 6.77. The van der Waals surface area contributed by atoms with Gasteiger partial charge in [-0.15, -0.1) is 0 Å². The molecular weight excluding hydrogens is 291 g/mol. The molecule has 0 heterocycles.